The quantitative estimate of drug-likeness (QED) is 0.693. The zero-order valence-corrected chi connectivity index (χ0v) is 15.4. The maximum atomic E-state index is 5.42. The lowest BCUT2D eigenvalue weighted by Crippen LogP contribution is -2.35. The summed E-state index contributed by atoms with van der Waals surface area (Å²) in [6.45, 7) is 11.7. The highest BCUT2D eigenvalue weighted by Crippen LogP contribution is 2.32. The third-order valence-electron chi connectivity index (χ3n) is 4.55. The molecular formula is C19H28BrNO. The Morgan fingerprint density at radius 3 is 2.50 bits per heavy atom. The maximum Gasteiger partial charge on any atom is 0.0480 e. The van der Waals surface area contributed by atoms with Crippen LogP contribution in [0, 0.1) is 5.92 Å². The van der Waals surface area contributed by atoms with E-state index in [0.717, 1.165) is 43.5 Å². The number of allylic oxidation sites excluding steroid dienone is 1. The fraction of sp³-hybridized carbons (Fsp3) is 0.579. The topological polar surface area (TPSA) is 21.3 Å². The van der Waals surface area contributed by atoms with E-state index in [1.807, 2.05) is 0 Å². The van der Waals surface area contributed by atoms with Crippen molar-refractivity contribution >= 4 is 15.9 Å². The van der Waals surface area contributed by atoms with Gasteiger partial charge in [0.2, 0.25) is 0 Å². The van der Waals surface area contributed by atoms with Crippen molar-refractivity contribution in [3.8, 4) is 0 Å². The van der Waals surface area contributed by atoms with Crippen LogP contribution in [0.15, 0.2) is 40.9 Å². The zero-order valence-electron chi connectivity index (χ0n) is 13.8. The molecule has 1 N–H and O–H groups in total. The van der Waals surface area contributed by atoms with Gasteiger partial charge in [-0.15, -0.1) is 0 Å². The highest BCUT2D eigenvalue weighted by molar-refractivity contribution is 9.10. The van der Waals surface area contributed by atoms with Gasteiger partial charge in [0.1, 0.15) is 0 Å². The molecule has 122 valence electrons. The van der Waals surface area contributed by atoms with E-state index in [0.29, 0.717) is 17.9 Å². The molecule has 0 unspecified atom stereocenters. The second-order valence-electron chi connectivity index (χ2n) is 6.46. The number of hydrogen-bond acceptors (Lipinski definition) is 2. The van der Waals surface area contributed by atoms with E-state index in [2.05, 4.69) is 65.9 Å². The lowest BCUT2D eigenvalue weighted by atomic mass is 9.83. The van der Waals surface area contributed by atoms with Crippen LogP contribution >= 0.6 is 15.9 Å². The van der Waals surface area contributed by atoms with Crippen molar-refractivity contribution in [2.45, 2.75) is 45.1 Å². The van der Waals surface area contributed by atoms with Crippen molar-refractivity contribution < 1.29 is 4.74 Å². The Morgan fingerprint density at radius 1 is 1.27 bits per heavy atom. The first-order chi connectivity index (χ1) is 10.6. The van der Waals surface area contributed by atoms with Crippen molar-refractivity contribution in [3.05, 3.63) is 46.5 Å². The molecule has 1 saturated heterocycles. The maximum absolute atomic E-state index is 5.42. The molecule has 2 rings (SSSR count). The summed E-state index contributed by atoms with van der Waals surface area (Å²) >= 11 is 3.52. The molecule has 1 aliphatic rings. The molecule has 3 heteroatoms. The second-order valence-corrected chi connectivity index (χ2v) is 7.38. The van der Waals surface area contributed by atoms with E-state index in [9.17, 15) is 0 Å². The minimum absolute atomic E-state index is 0.431. The molecule has 0 aliphatic carbocycles. The standard InChI is InChI=1S/C19H28BrNO/c1-14(2)15(3)19(16-4-6-17(20)7-5-16)8-11-21-18-9-12-22-13-10-18/h4-7,14,18-19,21H,3,8-13H2,1-2H3/t19-/m0/s1. The molecule has 1 atom stereocenters. The van der Waals surface area contributed by atoms with Gasteiger partial charge in [-0.05, 0) is 49.4 Å². The van der Waals surface area contributed by atoms with Crippen molar-refractivity contribution in [2.75, 3.05) is 19.8 Å². The van der Waals surface area contributed by atoms with Crippen molar-refractivity contribution in [1.29, 1.82) is 0 Å². The summed E-state index contributed by atoms with van der Waals surface area (Å²) in [6.07, 6.45) is 3.37. The predicted octanol–water partition coefficient (Wildman–Crippen LogP) is 4.90. The van der Waals surface area contributed by atoms with Crippen LogP contribution in [0.3, 0.4) is 0 Å². The van der Waals surface area contributed by atoms with Gasteiger partial charge in [-0.2, -0.15) is 0 Å². The molecule has 0 bridgehead atoms. The molecule has 0 amide bonds. The Labute approximate surface area is 143 Å². The summed E-state index contributed by atoms with van der Waals surface area (Å²) < 4.78 is 6.55. The van der Waals surface area contributed by atoms with Crippen LogP contribution < -0.4 is 5.32 Å². The van der Waals surface area contributed by atoms with Gasteiger partial charge in [-0.1, -0.05) is 54.1 Å². The lowest BCUT2D eigenvalue weighted by molar-refractivity contribution is 0.0779. The Kier molecular flexibility index (Phi) is 7.13. The number of halogens is 1. The number of benzene rings is 1. The number of hydrogen-bond donors (Lipinski definition) is 1. The first kappa shape index (κ1) is 17.7. The molecule has 0 radical (unpaired) electrons. The van der Waals surface area contributed by atoms with E-state index < -0.39 is 0 Å². The number of ether oxygens (including phenoxy) is 1. The van der Waals surface area contributed by atoms with Crippen LogP contribution in [0.2, 0.25) is 0 Å². The first-order valence-corrected chi connectivity index (χ1v) is 9.12. The zero-order chi connectivity index (χ0) is 15.9. The Bertz CT molecular complexity index is 463. The highest BCUT2D eigenvalue weighted by Gasteiger charge is 2.19. The van der Waals surface area contributed by atoms with Crippen LogP contribution in [-0.4, -0.2) is 25.8 Å². The van der Waals surface area contributed by atoms with Gasteiger partial charge in [0.05, 0.1) is 0 Å². The molecule has 1 aromatic rings. The summed E-state index contributed by atoms with van der Waals surface area (Å²) in [5.41, 5.74) is 2.70. The van der Waals surface area contributed by atoms with Crippen molar-refractivity contribution in [2.24, 2.45) is 5.92 Å². The monoisotopic (exact) mass is 365 g/mol. The SMILES string of the molecule is C=C(C(C)C)[C@H](CCNC1CCOCC1)c1ccc(Br)cc1. The lowest BCUT2D eigenvalue weighted by Gasteiger charge is -2.26. The van der Waals surface area contributed by atoms with Gasteiger partial charge in [0.25, 0.3) is 0 Å². The van der Waals surface area contributed by atoms with Gasteiger partial charge in [0, 0.05) is 29.6 Å². The molecule has 1 heterocycles. The summed E-state index contributed by atoms with van der Waals surface area (Å²) in [7, 11) is 0. The van der Waals surface area contributed by atoms with Crippen LogP contribution in [-0.2, 0) is 4.74 Å². The van der Waals surface area contributed by atoms with Gasteiger partial charge >= 0.3 is 0 Å². The summed E-state index contributed by atoms with van der Waals surface area (Å²) in [6, 6.07) is 9.31. The predicted molar refractivity (Wildman–Crippen MR) is 97.3 cm³/mol. The van der Waals surface area contributed by atoms with Gasteiger partial charge < -0.3 is 10.1 Å². The van der Waals surface area contributed by atoms with Crippen LogP contribution in [0.4, 0.5) is 0 Å². The fourth-order valence-electron chi connectivity index (χ4n) is 3.00. The summed E-state index contributed by atoms with van der Waals surface area (Å²) in [5.74, 6) is 0.942. The van der Waals surface area contributed by atoms with E-state index in [4.69, 9.17) is 4.74 Å². The first-order valence-electron chi connectivity index (χ1n) is 8.33. The average Bonchev–Trinajstić information content (AvgIpc) is 2.53. The molecule has 1 fully saturated rings. The Balaban J connectivity index is 1.95. The molecule has 1 aromatic carbocycles. The highest BCUT2D eigenvalue weighted by atomic mass is 79.9. The third kappa shape index (κ3) is 5.22. The normalized spacial score (nSPS) is 17.6. The minimum Gasteiger partial charge on any atom is -0.381 e. The molecule has 0 aromatic heterocycles. The molecule has 0 spiro atoms. The van der Waals surface area contributed by atoms with Gasteiger partial charge in [-0.3, -0.25) is 0 Å². The molecular weight excluding hydrogens is 338 g/mol. The molecule has 2 nitrogen and oxygen atoms in total. The third-order valence-corrected chi connectivity index (χ3v) is 5.08. The molecule has 22 heavy (non-hydrogen) atoms. The number of rotatable bonds is 7. The summed E-state index contributed by atoms with van der Waals surface area (Å²) in [5, 5.41) is 3.70. The second kappa shape index (κ2) is 8.85. The van der Waals surface area contributed by atoms with Crippen LogP contribution in [0.1, 0.15) is 44.6 Å². The summed E-state index contributed by atoms with van der Waals surface area (Å²) in [4.78, 5) is 0. The van der Waals surface area contributed by atoms with Crippen LogP contribution in [0.25, 0.3) is 0 Å². The smallest absolute Gasteiger partial charge is 0.0480 e. The van der Waals surface area contributed by atoms with E-state index in [1.54, 1.807) is 0 Å². The largest absolute Gasteiger partial charge is 0.381 e. The van der Waals surface area contributed by atoms with Gasteiger partial charge in [0.15, 0.2) is 0 Å². The Hall–Kier alpha value is -0.640. The van der Waals surface area contributed by atoms with E-state index in [-0.39, 0.29) is 0 Å². The minimum atomic E-state index is 0.431. The van der Waals surface area contributed by atoms with Crippen molar-refractivity contribution in [3.63, 3.8) is 0 Å². The molecule has 1 aliphatic heterocycles. The fourth-order valence-corrected chi connectivity index (χ4v) is 3.26. The van der Waals surface area contributed by atoms with E-state index in [1.165, 1.54) is 11.1 Å². The van der Waals surface area contributed by atoms with E-state index >= 15 is 0 Å². The van der Waals surface area contributed by atoms with Crippen LogP contribution in [0.5, 0.6) is 0 Å². The van der Waals surface area contributed by atoms with Crippen molar-refractivity contribution in [1.82, 2.24) is 5.32 Å². The Morgan fingerprint density at radius 2 is 1.91 bits per heavy atom. The number of nitrogens with one attached hydrogen (secondary N) is 1. The van der Waals surface area contributed by atoms with Gasteiger partial charge in [-0.25, -0.2) is 0 Å². The average molecular weight is 366 g/mol. The molecule has 0 saturated carbocycles.